The number of aliphatic imine (C=N–C) groups is 1. The summed E-state index contributed by atoms with van der Waals surface area (Å²) in [6.45, 7) is 5.37. The molecule has 0 atom stereocenters. The van der Waals surface area contributed by atoms with Crippen molar-refractivity contribution in [3.63, 3.8) is 0 Å². The van der Waals surface area contributed by atoms with Crippen LogP contribution in [0.3, 0.4) is 0 Å². The molecule has 0 aliphatic heterocycles. The molecule has 6 nitrogen and oxygen atoms in total. The lowest BCUT2D eigenvalue weighted by Gasteiger charge is -1.99. The summed E-state index contributed by atoms with van der Waals surface area (Å²) in [6, 6.07) is 5.46. The highest BCUT2D eigenvalue weighted by molar-refractivity contribution is 5.64. The molecule has 0 aromatic carbocycles. The first-order valence-corrected chi connectivity index (χ1v) is 5.64. The van der Waals surface area contributed by atoms with Gasteiger partial charge in [0.25, 0.3) is 0 Å². The summed E-state index contributed by atoms with van der Waals surface area (Å²) < 4.78 is 0. The monoisotopic (exact) mass is 252 g/mol. The molecule has 0 radical (unpaired) electrons. The molecule has 0 fully saturated rings. The predicted molar refractivity (Wildman–Crippen MR) is 73.2 cm³/mol. The molecule has 2 rings (SSSR count). The predicted octanol–water partition coefficient (Wildman–Crippen LogP) is 1.95. The van der Waals surface area contributed by atoms with Gasteiger partial charge >= 0.3 is 0 Å². The highest BCUT2D eigenvalue weighted by atomic mass is 15.3. The van der Waals surface area contributed by atoms with Crippen LogP contribution in [0, 0.1) is 0 Å². The molecule has 0 spiro atoms. The van der Waals surface area contributed by atoms with E-state index in [0.717, 1.165) is 0 Å². The number of allylic oxidation sites excluding steroid dienone is 3. The average Bonchev–Trinajstić information content (AvgIpc) is 2.49. The van der Waals surface area contributed by atoms with Gasteiger partial charge in [0.05, 0.1) is 0 Å². The zero-order valence-electron chi connectivity index (χ0n) is 10.4. The first-order valence-electron chi connectivity index (χ1n) is 5.64. The number of aromatic nitrogens is 5. The molecule has 0 saturated heterocycles. The van der Waals surface area contributed by atoms with Crippen LogP contribution in [0.4, 0.5) is 0 Å². The Morgan fingerprint density at radius 2 is 2.00 bits per heavy atom. The van der Waals surface area contributed by atoms with Crippen molar-refractivity contribution in [3.05, 3.63) is 48.4 Å². The van der Waals surface area contributed by atoms with Gasteiger partial charge in [-0.2, -0.15) is 0 Å². The first kappa shape index (κ1) is 12.7. The standard InChI is InChI=1S/C13H12N6/c1-3-4-7-10(14-2)12-16-18-13(19-17-12)11-8-5-6-9-15-11/h3-9H,2H2,1H3/b4-3-,10-7-. The van der Waals surface area contributed by atoms with Crippen LogP contribution in [0.2, 0.25) is 0 Å². The third-order valence-corrected chi connectivity index (χ3v) is 2.22. The third kappa shape index (κ3) is 3.12. The van der Waals surface area contributed by atoms with Crippen LogP contribution in [0.15, 0.2) is 47.6 Å². The van der Waals surface area contributed by atoms with E-state index in [-0.39, 0.29) is 0 Å². The number of pyridine rings is 1. The second-order valence-electron chi connectivity index (χ2n) is 3.50. The van der Waals surface area contributed by atoms with Crippen molar-refractivity contribution in [1.82, 2.24) is 25.4 Å². The van der Waals surface area contributed by atoms with Gasteiger partial charge < -0.3 is 0 Å². The number of rotatable bonds is 4. The maximum Gasteiger partial charge on any atom is 0.221 e. The van der Waals surface area contributed by atoms with E-state index in [1.807, 2.05) is 31.2 Å². The maximum absolute atomic E-state index is 4.13. The summed E-state index contributed by atoms with van der Waals surface area (Å²) in [5.74, 6) is 0.701. The van der Waals surface area contributed by atoms with Gasteiger partial charge in [0.2, 0.25) is 11.6 Å². The zero-order valence-corrected chi connectivity index (χ0v) is 10.4. The molecule has 0 unspecified atom stereocenters. The second kappa shape index (κ2) is 6.25. The van der Waals surface area contributed by atoms with Gasteiger partial charge in [-0.15, -0.1) is 20.4 Å². The van der Waals surface area contributed by atoms with E-state index in [2.05, 4.69) is 37.1 Å². The molecule has 94 valence electrons. The Hall–Kier alpha value is -2.76. The molecule has 0 bridgehead atoms. The van der Waals surface area contributed by atoms with Gasteiger partial charge in [-0.3, -0.25) is 9.98 Å². The van der Waals surface area contributed by atoms with Gasteiger partial charge in [-0.05, 0) is 31.9 Å². The third-order valence-electron chi connectivity index (χ3n) is 2.22. The minimum Gasteiger partial charge on any atom is -0.261 e. The fourth-order valence-electron chi connectivity index (χ4n) is 1.31. The molecule has 2 heterocycles. The molecule has 19 heavy (non-hydrogen) atoms. The van der Waals surface area contributed by atoms with E-state index in [9.17, 15) is 0 Å². The Morgan fingerprint density at radius 1 is 1.21 bits per heavy atom. The summed E-state index contributed by atoms with van der Waals surface area (Å²) >= 11 is 0. The Kier molecular flexibility index (Phi) is 4.17. The summed E-state index contributed by atoms with van der Waals surface area (Å²) in [5, 5.41) is 15.9. The maximum atomic E-state index is 4.13. The quantitative estimate of drug-likeness (QED) is 0.614. The Balaban J connectivity index is 2.30. The molecule has 6 heteroatoms. The Bertz CT molecular complexity index is 601. The zero-order chi connectivity index (χ0) is 13.5. The molecule has 0 amide bonds. The van der Waals surface area contributed by atoms with E-state index in [1.54, 1.807) is 18.3 Å². The van der Waals surface area contributed by atoms with Crippen molar-refractivity contribution in [1.29, 1.82) is 0 Å². The van der Waals surface area contributed by atoms with Crippen LogP contribution in [0.1, 0.15) is 12.7 Å². The van der Waals surface area contributed by atoms with Crippen LogP contribution in [0.5, 0.6) is 0 Å². The fourth-order valence-corrected chi connectivity index (χ4v) is 1.31. The number of nitrogens with zero attached hydrogens (tertiary/aromatic N) is 6. The summed E-state index contributed by atoms with van der Waals surface area (Å²) in [6.07, 6.45) is 7.09. The van der Waals surface area contributed by atoms with Crippen molar-refractivity contribution in [2.24, 2.45) is 4.99 Å². The van der Waals surface area contributed by atoms with Gasteiger partial charge in [0.15, 0.2) is 0 Å². The average molecular weight is 252 g/mol. The molecule has 2 aromatic rings. The van der Waals surface area contributed by atoms with Crippen molar-refractivity contribution in [2.45, 2.75) is 6.92 Å². The van der Waals surface area contributed by atoms with Crippen molar-refractivity contribution in [2.75, 3.05) is 0 Å². The van der Waals surface area contributed by atoms with Crippen LogP contribution in [-0.2, 0) is 0 Å². The normalized spacial score (nSPS) is 11.7. The lowest BCUT2D eigenvalue weighted by Crippen LogP contribution is -2.02. The minimum absolute atomic E-state index is 0.327. The van der Waals surface area contributed by atoms with Crippen molar-refractivity contribution < 1.29 is 0 Å². The lowest BCUT2D eigenvalue weighted by molar-refractivity contribution is 0.837. The van der Waals surface area contributed by atoms with Crippen LogP contribution in [-0.4, -0.2) is 32.1 Å². The Morgan fingerprint density at radius 3 is 2.58 bits per heavy atom. The van der Waals surface area contributed by atoms with E-state index in [0.29, 0.717) is 23.0 Å². The number of hydrogen-bond donors (Lipinski definition) is 0. The summed E-state index contributed by atoms with van der Waals surface area (Å²) in [7, 11) is 0. The topological polar surface area (TPSA) is 76.8 Å². The summed E-state index contributed by atoms with van der Waals surface area (Å²) in [4.78, 5) is 7.96. The van der Waals surface area contributed by atoms with Crippen molar-refractivity contribution in [3.8, 4) is 11.5 Å². The largest absolute Gasteiger partial charge is 0.261 e. The highest BCUT2D eigenvalue weighted by Gasteiger charge is 2.07. The SMILES string of the molecule is C=N/C(=C\C=C/C)c1nnc(-c2ccccn2)nn1. The molecule has 0 N–H and O–H groups in total. The van der Waals surface area contributed by atoms with E-state index in [1.165, 1.54) is 0 Å². The van der Waals surface area contributed by atoms with E-state index < -0.39 is 0 Å². The summed E-state index contributed by atoms with van der Waals surface area (Å²) in [5.41, 5.74) is 1.14. The van der Waals surface area contributed by atoms with Crippen LogP contribution < -0.4 is 0 Å². The molecule has 0 aliphatic carbocycles. The van der Waals surface area contributed by atoms with Gasteiger partial charge in [0.1, 0.15) is 11.4 Å². The van der Waals surface area contributed by atoms with Crippen molar-refractivity contribution >= 4 is 12.4 Å². The molecule has 0 saturated carbocycles. The van der Waals surface area contributed by atoms with Crippen LogP contribution in [0.25, 0.3) is 17.2 Å². The smallest absolute Gasteiger partial charge is 0.221 e. The lowest BCUT2D eigenvalue weighted by atomic mass is 10.3. The fraction of sp³-hybridized carbons (Fsp3) is 0.0769. The minimum atomic E-state index is 0.327. The van der Waals surface area contributed by atoms with Gasteiger partial charge in [-0.1, -0.05) is 18.2 Å². The van der Waals surface area contributed by atoms with Gasteiger partial charge in [-0.25, -0.2) is 0 Å². The Labute approximate surface area is 110 Å². The molecule has 2 aromatic heterocycles. The van der Waals surface area contributed by atoms with E-state index in [4.69, 9.17) is 0 Å². The van der Waals surface area contributed by atoms with Gasteiger partial charge in [0, 0.05) is 6.20 Å². The molecular weight excluding hydrogens is 240 g/mol. The second-order valence-corrected chi connectivity index (χ2v) is 3.50. The van der Waals surface area contributed by atoms with Crippen LogP contribution >= 0.6 is 0 Å². The van der Waals surface area contributed by atoms with E-state index >= 15 is 0 Å². The molecule has 0 aliphatic rings. The first-order chi connectivity index (χ1) is 9.35. The molecular formula is C13H12N6. The highest BCUT2D eigenvalue weighted by Crippen LogP contribution is 2.11. The number of hydrogen-bond acceptors (Lipinski definition) is 6.